The lowest BCUT2D eigenvalue weighted by atomic mass is 10.0. The summed E-state index contributed by atoms with van der Waals surface area (Å²) in [7, 11) is 0. The molecular weight excluding hydrogens is 873 g/mol. The molecule has 0 aromatic heterocycles. The minimum absolute atomic E-state index is 0.235. The first-order valence-corrected chi connectivity index (χ1v) is 26.0. The summed E-state index contributed by atoms with van der Waals surface area (Å²) in [6, 6.07) is 9.54. The Bertz CT molecular complexity index is 1640. The highest BCUT2D eigenvalue weighted by Crippen LogP contribution is 2.28. The van der Waals surface area contributed by atoms with Crippen LogP contribution in [0, 0.1) is 0 Å². The third kappa shape index (κ3) is 26.2. The average molecular weight is 959 g/mol. The molecule has 2 aliphatic rings. The second-order valence-electron chi connectivity index (χ2n) is 18.2. The Kier molecular flexibility index (Phi) is 32.7. The Morgan fingerprint density at radius 3 is 1.41 bits per heavy atom. The Morgan fingerprint density at radius 1 is 0.588 bits per heavy atom. The summed E-state index contributed by atoms with van der Waals surface area (Å²) in [5.74, 6) is -4.53. The Hall–Kier alpha value is -4.59. The minimum Gasteiger partial charge on any atom is -0.505 e. The van der Waals surface area contributed by atoms with Crippen molar-refractivity contribution in [2.24, 2.45) is 0 Å². The first-order valence-electron chi connectivity index (χ1n) is 26.0. The van der Waals surface area contributed by atoms with Crippen molar-refractivity contribution in [2.45, 2.75) is 239 Å². The van der Waals surface area contributed by atoms with Gasteiger partial charge in [-0.05, 0) is 25.3 Å². The quantitative estimate of drug-likeness (QED) is 0.0321. The molecule has 1 aromatic rings. The molecule has 0 amide bonds. The van der Waals surface area contributed by atoms with Gasteiger partial charge in [-0.2, -0.15) is 0 Å². The van der Waals surface area contributed by atoms with Crippen molar-refractivity contribution in [2.75, 3.05) is 13.2 Å². The van der Waals surface area contributed by atoms with Crippen LogP contribution in [0.5, 0.6) is 0 Å². The van der Waals surface area contributed by atoms with Crippen LogP contribution >= 0.6 is 0 Å². The van der Waals surface area contributed by atoms with E-state index >= 15 is 0 Å². The molecule has 68 heavy (non-hydrogen) atoms. The molecule has 0 saturated heterocycles. The molecule has 0 unspecified atom stereocenters. The molecule has 0 bridgehead atoms. The summed E-state index contributed by atoms with van der Waals surface area (Å²) < 4.78 is 31.2. The van der Waals surface area contributed by atoms with E-state index in [4.69, 9.17) is 28.4 Å². The van der Waals surface area contributed by atoms with Crippen LogP contribution in [-0.4, -0.2) is 82.8 Å². The van der Waals surface area contributed by atoms with Gasteiger partial charge in [-0.25, -0.2) is 9.59 Å². The van der Waals surface area contributed by atoms with E-state index in [0.717, 1.165) is 44.6 Å². The molecule has 14 nitrogen and oxygen atoms in total. The fourth-order valence-electron chi connectivity index (χ4n) is 8.02. The fraction of sp³-hybridized carbons (Fsp3) is 0.722. The average Bonchev–Trinajstić information content (AvgIpc) is 3.76. The van der Waals surface area contributed by atoms with Gasteiger partial charge in [-0.1, -0.05) is 198 Å². The Morgan fingerprint density at radius 2 is 1.00 bits per heavy atom. The van der Waals surface area contributed by atoms with Gasteiger partial charge in [-0.3, -0.25) is 14.4 Å². The zero-order valence-corrected chi connectivity index (χ0v) is 41.9. The van der Waals surface area contributed by atoms with Crippen LogP contribution < -0.4 is 0 Å². The monoisotopic (exact) mass is 959 g/mol. The predicted octanol–water partition coefficient (Wildman–Crippen LogP) is 12.0. The van der Waals surface area contributed by atoms with Gasteiger partial charge in [-0.15, -0.1) is 0 Å². The number of hydrogen-bond donors (Lipinski definition) is 3. The third-order valence-corrected chi connectivity index (χ3v) is 12.1. The van der Waals surface area contributed by atoms with Crippen LogP contribution in [0.15, 0.2) is 53.2 Å². The van der Waals surface area contributed by atoms with Crippen LogP contribution in [0.2, 0.25) is 0 Å². The van der Waals surface area contributed by atoms with E-state index in [1.54, 1.807) is 6.92 Å². The van der Waals surface area contributed by atoms with Gasteiger partial charge in [0.15, 0.2) is 23.7 Å². The maximum Gasteiger partial charge on any atom is 0.378 e. The topological polar surface area (TPSA) is 201 Å². The summed E-state index contributed by atoms with van der Waals surface area (Å²) >= 11 is 0. The maximum atomic E-state index is 12.1. The number of hydrogen-bond acceptors (Lipinski definition) is 14. The van der Waals surface area contributed by atoms with Crippen LogP contribution in [0.1, 0.15) is 213 Å². The van der Waals surface area contributed by atoms with E-state index in [1.807, 2.05) is 30.3 Å². The highest BCUT2D eigenvalue weighted by molar-refractivity contribution is 5.91. The van der Waals surface area contributed by atoms with Gasteiger partial charge < -0.3 is 43.7 Å². The maximum absolute atomic E-state index is 12.1. The number of ether oxygens (including phenoxy) is 6. The van der Waals surface area contributed by atoms with Gasteiger partial charge in [0.05, 0.1) is 5.57 Å². The molecule has 4 atom stereocenters. The lowest BCUT2D eigenvalue weighted by Crippen LogP contribution is -2.37. The summed E-state index contributed by atoms with van der Waals surface area (Å²) in [5.41, 5.74) is 1.27. The molecule has 3 N–H and O–H groups in total. The van der Waals surface area contributed by atoms with Crippen molar-refractivity contribution in [1.29, 1.82) is 0 Å². The van der Waals surface area contributed by atoms with E-state index in [-0.39, 0.29) is 32.2 Å². The number of carbonyl (C=O) groups is 5. The Balaban J connectivity index is 0.000000470. The summed E-state index contributed by atoms with van der Waals surface area (Å²) in [6.45, 7) is 6.87. The van der Waals surface area contributed by atoms with E-state index in [2.05, 4.69) is 13.8 Å². The largest absolute Gasteiger partial charge is 0.505 e. The second kappa shape index (κ2) is 37.3. The lowest BCUT2D eigenvalue weighted by Gasteiger charge is -2.21. The molecule has 0 fully saturated rings. The molecule has 2 aliphatic heterocycles. The molecule has 0 aliphatic carbocycles. The lowest BCUT2D eigenvalue weighted by molar-refractivity contribution is -0.169. The second-order valence-corrected chi connectivity index (χ2v) is 18.2. The first-order chi connectivity index (χ1) is 32.9. The molecule has 0 spiro atoms. The Labute approximate surface area is 406 Å². The number of benzene rings is 1. The molecule has 0 radical (unpaired) electrons. The fourth-order valence-corrected chi connectivity index (χ4v) is 8.02. The zero-order valence-electron chi connectivity index (χ0n) is 41.9. The van der Waals surface area contributed by atoms with E-state index in [1.165, 1.54) is 128 Å². The van der Waals surface area contributed by atoms with Crippen molar-refractivity contribution < 1.29 is 67.7 Å². The molecular formula is C54H86O14. The van der Waals surface area contributed by atoms with Gasteiger partial charge in [0, 0.05) is 19.8 Å². The smallest absolute Gasteiger partial charge is 0.378 e. The van der Waals surface area contributed by atoms with Crippen molar-refractivity contribution in [3.8, 4) is 0 Å². The van der Waals surface area contributed by atoms with E-state index in [9.17, 15) is 39.3 Å². The van der Waals surface area contributed by atoms with Crippen molar-refractivity contribution in [3.05, 3.63) is 58.7 Å². The molecule has 1 aromatic carbocycles. The summed E-state index contributed by atoms with van der Waals surface area (Å²) in [4.78, 5) is 58.7. The zero-order chi connectivity index (χ0) is 49.8. The molecule has 3 rings (SSSR count). The normalized spacial score (nSPS) is 16.4. The molecule has 0 saturated carbocycles. The highest BCUT2D eigenvalue weighted by Gasteiger charge is 2.42. The van der Waals surface area contributed by atoms with Crippen molar-refractivity contribution >= 4 is 29.8 Å². The number of rotatable bonds is 38. The van der Waals surface area contributed by atoms with Crippen molar-refractivity contribution in [1.82, 2.24) is 0 Å². The van der Waals surface area contributed by atoms with Crippen LogP contribution in [0.3, 0.4) is 0 Å². The van der Waals surface area contributed by atoms with E-state index < -0.39 is 59.8 Å². The van der Waals surface area contributed by atoms with Gasteiger partial charge >= 0.3 is 29.8 Å². The molecule has 14 heteroatoms. The molecule has 386 valence electrons. The standard InChI is InChI=1S/C30H46O6.C24H40O8/c1-3-4-5-6-7-8-9-10-11-12-13-14-18-21-27(32)34-23-26(31)29-28(24(2)30(33)36-29)35-22-25-19-16-15-17-20-25;1-3-4-5-6-7-8-9-10-11-12-13-14-15-16-20(26)30-17-19(31-18(2)25)23-21(27)22(28)24(29)32-23/h15-17,19-20,26,29,31H,3-14,18,21-23H2,1-2H3;19,23,27-28H,3-17H2,1-2H3/t26-,29+;19-,23+/m00/s1. The number of aliphatic hydroxyl groups excluding tert-OH is 3. The van der Waals surface area contributed by atoms with Crippen LogP contribution in [0.25, 0.3) is 0 Å². The summed E-state index contributed by atoms with van der Waals surface area (Å²) in [6.07, 6.45) is 27.8. The summed E-state index contributed by atoms with van der Waals surface area (Å²) in [5, 5.41) is 29.7. The predicted molar refractivity (Wildman–Crippen MR) is 260 cm³/mol. The van der Waals surface area contributed by atoms with E-state index in [0.29, 0.717) is 24.2 Å². The molecule has 2 heterocycles. The third-order valence-electron chi connectivity index (χ3n) is 12.1. The highest BCUT2D eigenvalue weighted by atomic mass is 16.6. The minimum atomic E-state index is -1.39. The van der Waals surface area contributed by atoms with Gasteiger partial charge in [0.2, 0.25) is 11.9 Å². The van der Waals surface area contributed by atoms with Gasteiger partial charge in [0.25, 0.3) is 0 Å². The number of cyclic esters (lactones) is 2. The SMILES string of the molecule is CCCCCCCCCCCCCCCC(=O)OC[C@H](O)[C@H]1OC(=O)C(C)=C1OCc1ccccc1.CCCCCCCCCCCCCCCC(=O)OC[C@H](OC(C)=O)[C@H]1OC(=O)C(O)=C1O. The van der Waals surface area contributed by atoms with Crippen LogP contribution in [0.4, 0.5) is 0 Å². The number of unbranched alkanes of at least 4 members (excludes halogenated alkanes) is 24. The number of aliphatic hydroxyl groups is 3. The van der Waals surface area contributed by atoms with Crippen LogP contribution in [-0.2, 0) is 59.0 Å². The van der Waals surface area contributed by atoms with Gasteiger partial charge in [0.1, 0.15) is 25.9 Å². The first kappa shape index (κ1) is 59.5. The number of esters is 5. The van der Waals surface area contributed by atoms with Crippen molar-refractivity contribution in [3.63, 3.8) is 0 Å². The number of carbonyl (C=O) groups excluding carboxylic acids is 5.